The minimum atomic E-state index is -0.768. The number of rotatable bonds is 4. The smallest absolute Gasteiger partial charge is 0.413 e. The second kappa shape index (κ2) is 9.24. The van der Waals surface area contributed by atoms with Gasteiger partial charge in [0.1, 0.15) is 29.2 Å². The number of amides is 2. The number of aryl methyl sites for hydroxylation is 1. The van der Waals surface area contributed by atoms with Crippen LogP contribution in [0.3, 0.4) is 0 Å². The number of aromatic amines is 1. The SMILES string of the molecule is Cc1c[nH]c2ncnc(N3CCC(NC(=O)c4cc(NC(=O)OC(C)(C)C)ncc4F)CC3)c12. The summed E-state index contributed by atoms with van der Waals surface area (Å²) in [5.41, 5.74) is 0.979. The van der Waals surface area contributed by atoms with Gasteiger partial charge in [0.25, 0.3) is 5.91 Å². The summed E-state index contributed by atoms with van der Waals surface area (Å²) in [5, 5.41) is 6.31. The first-order valence-electron chi connectivity index (χ1n) is 11.1. The van der Waals surface area contributed by atoms with Gasteiger partial charge < -0.3 is 19.9 Å². The number of H-pyrrole nitrogens is 1. The molecule has 0 aromatic carbocycles. The third-order valence-electron chi connectivity index (χ3n) is 5.51. The molecular formula is C23H28FN7O3. The topological polar surface area (TPSA) is 125 Å². The molecule has 0 saturated carbocycles. The molecule has 10 nitrogen and oxygen atoms in total. The summed E-state index contributed by atoms with van der Waals surface area (Å²) in [7, 11) is 0. The number of hydrogen-bond donors (Lipinski definition) is 3. The third kappa shape index (κ3) is 5.24. The van der Waals surface area contributed by atoms with Crippen molar-refractivity contribution in [3.8, 4) is 0 Å². The van der Waals surface area contributed by atoms with E-state index in [0.29, 0.717) is 25.9 Å². The Kier molecular flexibility index (Phi) is 6.36. The Balaban J connectivity index is 1.38. The molecule has 0 atom stereocenters. The molecule has 34 heavy (non-hydrogen) atoms. The maximum atomic E-state index is 14.3. The van der Waals surface area contributed by atoms with Gasteiger partial charge in [-0.3, -0.25) is 10.1 Å². The van der Waals surface area contributed by atoms with E-state index in [-0.39, 0.29) is 17.4 Å². The highest BCUT2D eigenvalue weighted by Crippen LogP contribution is 2.28. The fraction of sp³-hybridized carbons (Fsp3) is 0.435. The molecule has 1 aliphatic rings. The number of ether oxygens (including phenoxy) is 1. The third-order valence-corrected chi connectivity index (χ3v) is 5.51. The molecule has 4 rings (SSSR count). The molecule has 1 aliphatic heterocycles. The monoisotopic (exact) mass is 469 g/mol. The van der Waals surface area contributed by atoms with Crippen molar-refractivity contribution in [2.75, 3.05) is 23.3 Å². The number of pyridine rings is 1. The number of nitrogens with zero attached hydrogens (tertiary/aromatic N) is 4. The highest BCUT2D eigenvalue weighted by atomic mass is 19.1. The Hall–Kier alpha value is -3.76. The molecule has 11 heteroatoms. The van der Waals surface area contributed by atoms with Crippen LogP contribution in [-0.2, 0) is 4.74 Å². The Bertz CT molecular complexity index is 1210. The van der Waals surface area contributed by atoms with Crippen LogP contribution in [0.1, 0.15) is 49.5 Å². The van der Waals surface area contributed by atoms with Crippen molar-refractivity contribution in [1.82, 2.24) is 25.3 Å². The van der Waals surface area contributed by atoms with Crippen LogP contribution in [0.25, 0.3) is 11.0 Å². The summed E-state index contributed by atoms with van der Waals surface area (Å²) in [6.07, 6.45) is 4.97. The molecule has 3 N–H and O–H groups in total. The van der Waals surface area contributed by atoms with E-state index in [1.807, 2.05) is 13.1 Å². The van der Waals surface area contributed by atoms with Gasteiger partial charge in [-0.05, 0) is 52.2 Å². The average molecular weight is 470 g/mol. The number of carbonyl (C=O) groups excluding carboxylic acids is 2. The van der Waals surface area contributed by atoms with Crippen LogP contribution in [0.4, 0.5) is 20.8 Å². The molecular weight excluding hydrogens is 441 g/mol. The standard InChI is InChI=1S/C23H28FN7O3/c1-13-10-26-19-18(13)20(28-12-27-19)31-7-5-14(6-8-31)29-21(32)15-9-17(25-11-16(15)24)30-22(33)34-23(2,3)4/h9-12,14H,5-8H2,1-4H3,(H,29,32)(H,25,30,33)(H,26,27,28). The average Bonchev–Trinajstić information content (AvgIpc) is 3.15. The lowest BCUT2D eigenvalue weighted by Gasteiger charge is -2.33. The maximum absolute atomic E-state index is 14.3. The van der Waals surface area contributed by atoms with Crippen molar-refractivity contribution in [2.24, 2.45) is 0 Å². The highest BCUT2D eigenvalue weighted by molar-refractivity contribution is 5.96. The zero-order valence-electron chi connectivity index (χ0n) is 19.6. The van der Waals surface area contributed by atoms with Gasteiger partial charge in [-0.1, -0.05) is 0 Å². The van der Waals surface area contributed by atoms with E-state index in [2.05, 4.69) is 35.5 Å². The second-order valence-corrected chi connectivity index (χ2v) is 9.30. The molecule has 0 spiro atoms. The molecule has 1 saturated heterocycles. The van der Waals surface area contributed by atoms with Gasteiger partial charge in [-0.25, -0.2) is 24.1 Å². The van der Waals surface area contributed by atoms with Crippen molar-refractivity contribution >= 4 is 34.7 Å². The molecule has 2 amide bonds. The Morgan fingerprint density at radius 2 is 1.94 bits per heavy atom. The van der Waals surface area contributed by atoms with Crippen molar-refractivity contribution < 1.29 is 18.7 Å². The zero-order valence-corrected chi connectivity index (χ0v) is 19.6. The van der Waals surface area contributed by atoms with Crippen molar-refractivity contribution in [2.45, 2.75) is 52.2 Å². The van der Waals surface area contributed by atoms with Gasteiger partial charge in [-0.15, -0.1) is 0 Å². The number of carbonyl (C=O) groups is 2. The van der Waals surface area contributed by atoms with E-state index in [9.17, 15) is 14.0 Å². The van der Waals surface area contributed by atoms with Crippen LogP contribution in [-0.4, -0.2) is 56.7 Å². The predicted octanol–water partition coefficient (Wildman–Crippen LogP) is 3.55. The van der Waals surface area contributed by atoms with E-state index >= 15 is 0 Å². The Morgan fingerprint density at radius 1 is 1.21 bits per heavy atom. The van der Waals surface area contributed by atoms with Gasteiger partial charge in [0.2, 0.25) is 0 Å². The molecule has 1 fully saturated rings. The van der Waals surface area contributed by atoms with Crippen molar-refractivity contribution in [3.05, 3.63) is 41.7 Å². The number of piperidine rings is 1. The predicted molar refractivity (Wildman–Crippen MR) is 125 cm³/mol. The molecule has 4 heterocycles. The molecule has 3 aromatic heterocycles. The van der Waals surface area contributed by atoms with Gasteiger partial charge in [0, 0.05) is 25.3 Å². The molecule has 180 valence electrons. The lowest BCUT2D eigenvalue weighted by Crippen LogP contribution is -2.45. The first-order chi connectivity index (χ1) is 16.1. The highest BCUT2D eigenvalue weighted by Gasteiger charge is 2.25. The van der Waals surface area contributed by atoms with Crippen LogP contribution in [0.2, 0.25) is 0 Å². The van der Waals surface area contributed by atoms with Crippen LogP contribution in [0.5, 0.6) is 0 Å². The van der Waals surface area contributed by atoms with Crippen LogP contribution in [0.15, 0.2) is 24.8 Å². The number of hydrogen-bond acceptors (Lipinski definition) is 7. The van der Waals surface area contributed by atoms with E-state index in [1.54, 1.807) is 20.8 Å². The minimum Gasteiger partial charge on any atom is -0.444 e. The van der Waals surface area contributed by atoms with E-state index in [4.69, 9.17) is 4.74 Å². The summed E-state index contributed by atoms with van der Waals surface area (Å²) >= 11 is 0. The Morgan fingerprint density at radius 3 is 2.65 bits per heavy atom. The fourth-order valence-corrected chi connectivity index (χ4v) is 3.93. The van der Waals surface area contributed by atoms with Crippen LogP contribution < -0.4 is 15.5 Å². The Labute approximate surface area is 196 Å². The van der Waals surface area contributed by atoms with E-state index in [1.165, 1.54) is 12.4 Å². The summed E-state index contributed by atoms with van der Waals surface area (Å²) in [6.45, 7) is 8.55. The van der Waals surface area contributed by atoms with Gasteiger partial charge in [-0.2, -0.15) is 0 Å². The second-order valence-electron chi connectivity index (χ2n) is 9.30. The minimum absolute atomic E-state index is 0.0327. The van der Waals surface area contributed by atoms with Gasteiger partial charge >= 0.3 is 6.09 Å². The van der Waals surface area contributed by atoms with Gasteiger partial charge in [0.15, 0.2) is 5.82 Å². The van der Waals surface area contributed by atoms with E-state index < -0.39 is 23.4 Å². The number of halogens is 1. The quantitative estimate of drug-likeness (QED) is 0.534. The number of nitrogens with one attached hydrogen (secondary N) is 3. The summed E-state index contributed by atoms with van der Waals surface area (Å²) in [5.74, 6) is -0.427. The number of anilines is 2. The summed E-state index contributed by atoms with van der Waals surface area (Å²) in [4.78, 5) is 42.6. The first kappa shape index (κ1) is 23.4. The zero-order chi connectivity index (χ0) is 24.5. The lowest BCUT2D eigenvalue weighted by molar-refractivity contribution is 0.0634. The molecule has 3 aromatic rings. The first-order valence-corrected chi connectivity index (χ1v) is 11.1. The normalized spacial score (nSPS) is 14.8. The molecule has 0 radical (unpaired) electrons. The lowest BCUT2D eigenvalue weighted by atomic mass is 10.0. The largest absolute Gasteiger partial charge is 0.444 e. The van der Waals surface area contributed by atoms with Crippen molar-refractivity contribution in [1.29, 1.82) is 0 Å². The van der Waals surface area contributed by atoms with Gasteiger partial charge in [0.05, 0.1) is 17.1 Å². The molecule has 0 aliphatic carbocycles. The summed E-state index contributed by atoms with van der Waals surface area (Å²) < 4.78 is 19.5. The maximum Gasteiger partial charge on any atom is 0.413 e. The van der Waals surface area contributed by atoms with E-state index in [0.717, 1.165) is 28.6 Å². The molecule has 0 bridgehead atoms. The number of aromatic nitrogens is 4. The summed E-state index contributed by atoms with van der Waals surface area (Å²) in [6, 6.07) is 1.08. The number of fused-ring (bicyclic) bond motifs is 1. The van der Waals surface area contributed by atoms with Crippen LogP contribution in [0, 0.1) is 12.7 Å². The molecule has 0 unspecified atom stereocenters. The van der Waals surface area contributed by atoms with Crippen molar-refractivity contribution in [3.63, 3.8) is 0 Å². The van der Waals surface area contributed by atoms with Crippen LogP contribution >= 0.6 is 0 Å². The fourth-order valence-electron chi connectivity index (χ4n) is 3.93.